The van der Waals surface area contributed by atoms with Crippen LogP contribution in [0.5, 0.6) is 5.75 Å². The quantitative estimate of drug-likeness (QED) is 0.613. The van der Waals surface area contributed by atoms with Gasteiger partial charge in [-0.2, -0.15) is 5.10 Å². The van der Waals surface area contributed by atoms with Gasteiger partial charge in [0.2, 0.25) is 0 Å². The van der Waals surface area contributed by atoms with E-state index in [0.29, 0.717) is 23.7 Å². The van der Waals surface area contributed by atoms with Crippen LogP contribution in [0.25, 0.3) is 0 Å². The molecular formula is C22H25ClN4O2. The van der Waals surface area contributed by atoms with Crippen LogP contribution in [-0.2, 0) is 6.54 Å². The molecule has 29 heavy (non-hydrogen) atoms. The van der Waals surface area contributed by atoms with Gasteiger partial charge in [-0.25, -0.2) is 0 Å². The molecule has 0 spiro atoms. The predicted molar refractivity (Wildman–Crippen MR) is 115 cm³/mol. The van der Waals surface area contributed by atoms with Crippen LogP contribution in [0.4, 0.5) is 0 Å². The fourth-order valence-corrected chi connectivity index (χ4v) is 3.37. The summed E-state index contributed by atoms with van der Waals surface area (Å²) in [5.74, 6) is 0.630. The molecule has 1 atom stereocenters. The molecular weight excluding hydrogens is 388 g/mol. The molecule has 0 aliphatic heterocycles. The average molecular weight is 413 g/mol. The number of hydrogen-bond acceptors (Lipinski definition) is 4. The summed E-state index contributed by atoms with van der Waals surface area (Å²) in [6.45, 7) is 0.955. The second kappa shape index (κ2) is 9.58. The van der Waals surface area contributed by atoms with Crippen LogP contribution in [0, 0.1) is 0 Å². The molecule has 0 bridgehead atoms. The van der Waals surface area contributed by atoms with Crippen molar-refractivity contribution in [2.75, 3.05) is 27.7 Å². The molecule has 1 amide bonds. The molecule has 2 aromatic carbocycles. The number of likely N-dealkylation sites (N-methyl/N-ethyl adjacent to an activating group) is 1. The number of hydrogen-bond donors (Lipinski definition) is 1. The SMILES string of the molecule is COc1ccccc1C(CNC(=O)c1cnn(Cc2ccccc2Cl)c1)N(C)C. The van der Waals surface area contributed by atoms with Gasteiger partial charge in [0, 0.05) is 23.3 Å². The maximum Gasteiger partial charge on any atom is 0.254 e. The Morgan fingerprint density at radius 1 is 1.21 bits per heavy atom. The lowest BCUT2D eigenvalue weighted by Crippen LogP contribution is -2.34. The molecule has 1 aromatic heterocycles. The van der Waals surface area contributed by atoms with Crippen molar-refractivity contribution in [2.24, 2.45) is 0 Å². The molecule has 152 valence electrons. The first-order valence-electron chi connectivity index (χ1n) is 9.33. The van der Waals surface area contributed by atoms with Crippen molar-refractivity contribution in [3.05, 3.63) is 82.6 Å². The molecule has 0 fully saturated rings. The first-order valence-corrected chi connectivity index (χ1v) is 9.70. The van der Waals surface area contributed by atoms with E-state index in [-0.39, 0.29) is 11.9 Å². The van der Waals surface area contributed by atoms with Gasteiger partial charge in [0.15, 0.2) is 0 Å². The summed E-state index contributed by atoms with van der Waals surface area (Å²) in [5, 5.41) is 7.97. The highest BCUT2D eigenvalue weighted by atomic mass is 35.5. The molecule has 0 saturated heterocycles. The number of ether oxygens (including phenoxy) is 1. The summed E-state index contributed by atoms with van der Waals surface area (Å²) in [7, 11) is 5.60. The number of aromatic nitrogens is 2. The second-order valence-corrected chi connectivity index (χ2v) is 7.36. The van der Waals surface area contributed by atoms with E-state index in [9.17, 15) is 4.79 Å². The molecule has 1 N–H and O–H groups in total. The number of amides is 1. The lowest BCUT2D eigenvalue weighted by Gasteiger charge is -2.26. The van der Waals surface area contributed by atoms with Gasteiger partial charge < -0.3 is 15.0 Å². The first kappa shape index (κ1) is 20.9. The van der Waals surface area contributed by atoms with Crippen LogP contribution < -0.4 is 10.1 Å². The molecule has 0 aliphatic rings. The van der Waals surface area contributed by atoms with Crippen LogP contribution in [-0.4, -0.2) is 48.3 Å². The van der Waals surface area contributed by atoms with Crippen LogP contribution in [0.15, 0.2) is 60.9 Å². The lowest BCUT2D eigenvalue weighted by molar-refractivity contribution is 0.0941. The molecule has 3 aromatic rings. The fourth-order valence-electron chi connectivity index (χ4n) is 3.17. The monoisotopic (exact) mass is 412 g/mol. The van der Waals surface area contributed by atoms with Crippen molar-refractivity contribution in [3.8, 4) is 5.75 Å². The van der Waals surface area contributed by atoms with E-state index in [1.54, 1.807) is 24.2 Å². The number of para-hydroxylation sites is 1. The van der Waals surface area contributed by atoms with Gasteiger partial charge >= 0.3 is 0 Å². The van der Waals surface area contributed by atoms with E-state index in [2.05, 4.69) is 15.3 Å². The summed E-state index contributed by atoms with van der Waals surface area (Å²) in [5.41, 5.74) is 2.48. The summed E-state index contributed by atoms with van der Waals surface area (Å²) < 4.78 is 7.18. The van der Waals surface area contributed by atoms with Gasteiger partial charge in [-0.05, 0) is 31.8 Å². The second-order valence-electron chi connectivity index (χ2n) is 6.95. The van der Waals surface area contributed by atoms with E-state index in [1.165, 1.54) is 0 Å². The van der Waals surface area contributed by atoms with Crippen LogP contribution >= 0.6 is 11.6 Å². The minimum atomic E-state index is -0.169. The Balaban J connectivity index is 1.67. The van der Waals surface area contributed by atoms with E-state index in [1.807, 2.05) is 62.6 Å². The molecule has 0 radical (unpaired) electrons. The highest BCUT2D eigenvalue weighted by Gasteiger charge is 2.20. The number of halogens is 1. The zero-order chi connectivity index (χ0) is 20.8. The number of carbonyl (C=O) groups is 1. The number of carbonyl (C=O) groups excluding carboxylic acids is 1. The van der Waals surface area contributed by atoms with Gasteiger partial charge in [0.1, 0.15) is 5.75 Å². The van der Waals surface area contributed by atoms with Crippen molar-refractivity contribution >= 4 is 17.5 Å². The Kier molecular flexibility index (Phi) is 6.90. The number of rotatable bonds is 8. The summed E-state index contributed by atoms with van der Waals surface area (Å²) in [6.07, 6.45) is 3.30. The Labute approximate surface area is 176 Å². The summed E-state index contributed by atoms with van der Waals surface area (Å²) in [4.78, 5) is 14.7. The van der Waals surface area contributed by atoms with Gasteiger partial charge in [0.05, 0.1) is 31.5 Å². The van der Waals surface area contributed by atoms with Crippen molar-refractivity contribution < 1.29 is 9.53 Å². The molecule has 3 rings (SSSR count). The fraction of sp³-hybridized carbons (Fsp3) is 0.273. The minimum absolute atomic E-state index is 0.0201. The largest absolute Gasteiger partial charge is 0.496 e. The Bertz CT molecular complexity index is 971. The highest BCUT2D eigenvalue weighted by Crippen LogP contribution is 2.27. The van der Waals surface area contributed by atoms with Crippen LogP contribution in [0.2, 0.25) is 5.02 Å². The van der Waals surface area contributed by atoms with E-state index in [4.69, 9.17) is 16.3 Å². The number of nitrogens with zero attached hydrogens (tertiary/aromatic N) is 3. The van der Waals surface area contributed by atoms with E-state index < -0.39 is 0 Å². The first-order chi connectivity index (χ1) is 14.0. The molecule has 0 saturated carbocycles. The standard InChI is InChI=1S/C22H25ClN4O2/c1-26(2)20(18-9-5-7-11-21(18)29-3)13-24-22(28)17-12-25-27(15-17)14-16-8-4-6-10-19(16)23/h4-12,15,20H,13-14H2,1-3H3,(H,24,28). The van der Waals surface area contributed by atoms with Gasteiger partial charge in [-0.3, -0.25) is 9.48 Å². The molecule has 6 nitrogen and oxygen atoms in total. The van der Waals surface area contributed by atoms with Crippen molar-refractivity contribution in [1.82, 2.24) is 20.0 Å². The Hall–Kier alpha value is -2.83. The third-order valence-electron chi connectivity index (χ3n) is 4.76. The predicted octanol–water partition coefficient (Wildman–Crippen LogP) is 3.63. The van der Waals surface area contributed by atoms with Gasteiger partial charge in [0.25, 0.3) is 5.91 Å². The zero-order valence-corrected chi connectivity index (χ0v) is 17.6. The van der Waals surface area contributed by atoms with Crippen molar-refractivity contribution in [3.63, 3.8) is 0 Å². The third-order valence-corrected chi connectivity index (χ3v) is 5.13. The third kappa shape index (κ3) is 5.16. The van der Waals surface area contributed by atoms with Crippen LogP contribution in [0.1, 0.15) is 27.5 Å². The van der Waals surface area contributed by atoms with E-state index >= 15 is 0 Å². The average Bonchev–Trinajstić information content (AvgIpc) is 3.18. The molecule has 1 heterocycles. The van der Waals surface area contributed by atoms with Crippen molar-refractivity contribution in [2.45, 2.75) is 12.6 Å². The minimum Gasteiger partial charge on any atom is -0.496 e. The Morgan fingerprint density at radius 3 is 2.66 bits per heavy atom. The lowest BCUT2D eigenvalue weighted by atomic mass is 10.0. The molecule has 0 aliphatic carbocycles. The van der Waals surface area contributed by atoms with Crippen molar-refractivity contribution in [1.29, 1.82) is 0 Å². The topological polar surface area (TPSA) is 59.4 Å². The Morgan fingerprint density at radius 2 is 1.93 bits per heavy atom. The zero-order valence-electron chi connectivity index (χ0n) is 16.8. The smallest absolute Gasteiger partial charge is 0.254 e. The molecule has 7 heteroatoms. The summed E-state index contributed by atoms with van der Waals surface area (Å²) in [6, 6.07) is 15.4. The maximum atomic E-state index is 12.6. The normalized spacial score (nSPS) is 12.0. The van der Waals surface area contributed by atoms with Gasteiger partial charge in [-0.15, -0.1) is 0 Å². The number of methoxy groups -OCH3 is 1. The number of benzene rings is 2. The number of nitrogens with one attached hydrogen (secondary N) is 1. The van der Waals surface area contributed by atoms with Crippen LogP contribution in [0.3, 0.4) is 0 Å². The maximum absolute atomic E-state index is 12.6. The molecule has 1 unspecified atom stereocenters. The van der Waals surface area contributed by atoms with E-state index in [0.717, 1.165) is 16.9 Å². The van der Waals surface area contributed by atoms with Gasteiger partial charge in [-0.1, -0.05) is 48.0 Å². The summed E-state index contributed by atoms with van der Waals surface area (Å²) >= 11 is 6.21. The highest BCUT2D eigenvalue weighted by molar-refractivity contribution is 6.31.